The number of hydrogen-bond acceptors (Lipinski definition) is 3. The van der Waals surface area contributed by atoms with Gasteiger partial charge in [0.1, 0.15) is 0 Å². The maximum atomic E-state index is 5.52. The number of para-hydroxylation sites is 3. The molecule has 6 aromatic carbocycles. The van der Waals surface area contributed by atoms with Crippen molar-refractivity contribution >= 4 is 38.9 Å². The van der Waals surface area contributed by atoms with Crippen LogP contribution in [0.15, 0.2) is 121 Å². The third kappa shape index (κ3) is 5.77. The molecule has 8 aromatic rings. The van der Waals surface area contributed by atoms with Crippen molar-refractivity contribution in [2.45, 2.75) is 47.0 Å². The SMILES string of the molecule is Cc1cc(C)c(-c2c(C(C)(C)C)nn(-c3[c-]c4c(cc3)c3ccccc3n4-c3[c-]c(N4[CH-]N(C)c5ccccc54)ccc3)c2-c2ccccc2)c(C)c1.[Pt]. The smallest absolute Gasteiger partial charge is 0.0797 e. The molecule has 0 bridgehead atoms. The van der Waals surface area contributed by atoms with Crippen LogP contribution < -0.4 is 9.80 Å². The van der Waals surface area contributed by atoms with E-state index >= 15 is 0 Å². The third-order valence-corrected chi connectivity index (χ3v) is 10.4. The molecule has 54 heavy (non-hydrogen) atoms. The molecule has 5 nitrogen and oxygen atoms in total. The van der Waals surface area contributed by atoms with Gasteiger partial charge in [0.25, 0.3) is 0 Å². The largest absolute Gasteiger partial charge is 0.504 e. The van der Waals surface area contributed by atoms with Gasteiger partial charge in [-0.1, -0.05) is 110 Å². The summed E-state index contributed by atoms with van der Waals surface area (Å²) in [6, 6.07) is 50.9. The summed E-state index contributed by atoms with van der Waals surface area (Å²) in [5.41, 5.74) is 16.4. The van der Waals surface area contributed by atoms with E-state index in [0.29, 0.717) is 0 Å². The van der Waals surface area contributed by atoms with Gasteiger partial charge in [0.2, 0.25) is 0 Å². The van der Waals surface area contributed by atoms with Gasteiger partial charge in [-0.25, -0.2) is 0 Å². The Labute approximate surface area is 332 Å². The van der Waals surface area contributed by atoms with E-state index in [9.17, 15) is 0 Å². The summed E-state index contributed by atoms with van der Waals surface area (Å²) >= 11 is 0. The molecule has 0 atom stereocenters. The fourth-order valence-corrected chi connectivity index (χ4v) is 8.22. The molecular weight excluding hydrogens is 842 g/mol. The molecule has 272 valence electrons. The molecule has 0 amide bonds. The van der Waals surface area contributed by atoms with Gasteiger partial charge in [-0.15, -0.1) is 41.4 Å². The molecule has 3 heterocycles. The molecule has 0 radical (unpaired) electrons. The number of nitrogens with zero attached hydrogens (tertiary/aromatic N) is 5. The first kappa shape index (κ1) is 35.6. The molecule has 9 rings (SSSR count). The second kappa shape index (κ2) is 13.5. The first-order chi connectivity index (χ1) is 25.6. The maximum absolute atomic E-state index is 5.52. The van der Waals surface area contributed by atoms with Crippen molar-refractivity contribution in [3.63, 3.8) is 0 Å². The molecule has 1 aliphatic heterocycles. The average molecular weight is 884 g/mol. The van der Waals surface area contributed by atoms with Crippen LogP contribution in [0.4, 0.5) is 17.1 Å². The molecule has 0 N–H and O–H groups in total. The molecule has 0 saturated heterocycles. The van der Waals surface area contributed by atoms with Crippen molar-refractivity contribution in [3.8, 4) is 33.8 Å². The van der Waals surface area contributed by atoms with Gasteiger partial charge in [0.15, 0.2) is 0 Å². The van der Waals surface area contributed by atoms with Crippen LogP contribution >= 0.6 is 0 Å². The van der Waals surface area contributed by atoms with E-state index < -0.39 is 0 Å². The number of aromatic nitrogens is 3. The standard InChI is InChI=1S/C48H42N5.Pt/c1-31-26-32(2)44(33(3)27-31)45-46(34-16-9-8-10-17-34)53(49-47(45)48(4,5)6)37-24-25-39-38-20-11-12-21-40(38)52(43(39)29-37)36-19-15-18-35(28-36)51-30-50(7)41-22-13-14-23-42(41)51;/h8-27,30H,1-7H3;/q-3;. The predicted octanol–water partition coefficient (Wildman–Crippen LogP) is 11.8. The summed E-state index contributed by atoms with van der Waals surface area (Å²) in [6.45, 7) is 15.5. The topological polar surface area (TPSA) is 29.2 Å². The minimum atomic E-state index is -0.221. The zero-order chi connectivity index (χ0) is 36.6. The van der Waals surface area contributed by atoms with Crippen molar-refractivity contribution in [3.05, 3.63) is 163 Å². The van der Waals surface area contributed by atoms with Crippen LogP contribution in [0.5, 0.6) is 0 Å². The average Bonchev–Trinajstić information content (AvgIpc) is 3.81. The van der Waals surface area contributed by atoms with Crippen molar-refractivity contribution in [1.29, 1.82) is 0 Å². The Balaban J connectivity index is 0.00000413. The first-order valence-corrected chi connectivity index (χ1v) is 18.3. The second-order valence-electron chi connectivity index (χ2n) is 15.3. The summed E-state index contributed by atoms with van der Waals surface area (Å²) < 4.78 is 4.44. The van der Waals surface area contributed by atoms with Gasteiger partial charge < -0.3 is 14.4 Å². The Hall–Kier alpha value is -5.38. The van der Waals surface area contributed by atoms with E-state index in [2.05, 4.69) is 208 Å². The number of hydrogen-bond donors (Lipinski definition) is 0. The van der Waals surface area contributed by atoms with E-state index in [1.807, 2.05) is 0 Å². The molecule has 0 saturated carbocycles. The van der Waals surface area contributed by atoms with Gasteiger partial charge in [-0.3, -0.25) is 4.68 Å². The van der Waals surface area contributed by atoms with Gasteiger partial charge in [-0.2, -0.15) is 23.9 Å². The van der Waals surface area contributed by atoms with Gasteiger partial charge in [-0.05, 0) is 73.8 Å². The molecule has 1 aliphatic rings. The van der Waals surface area contributed by atoms with Crippen LogP contribution in [0.3, 0.4) is 0 Å². The molecule has 0 unspecified atom stereocenters. The molecule has 2 aromatic heterocycles. The van der Waals surface area contributed by atoms with Crippen LogP contribution in [0, 0.1) is 39.6 Å². The second-order valence-corrected chi connectivity index (χ2v) is 15.3. The number of benzene rings is 6. The molecule has 0 aliphatic carbocycles. The fourth-order valence-electron chi connectivity index (χ4n) is 8.22. The third-order valence-electron chi connectivity index (χ3n) is 10.4. The Morgan fingerprint density at radius 2 is 1.30 bits per heavy atom. The summed E-state index contributed by atoms with van der Waals surface area (Å²) in [5, 5.41) is 7.83. The Morgan fingerprint density at radius 3 is 2.04 bits per heavy atom. The Morgan fingerprint density at radius 1 is 0.630 bits per heavy atom. The minimum Gasteiger partial charge on any atom is -0.504 e. The van der Waals surface area contributed by atoms with E-state index in [1.165, 1.54) is 38.9 Å². The van der Waals surface area contributed by atoms with Crippen LogP contribution in [-0.2, 0) is 26.5 Å². The van der Waals surface area contributed by atoms with E-state index in [4.69, 9.17) is 5.10 Å². The Kier molecular flexibility index (Phi) is 8.90. The van der Waals surface area contributed by atoms with Crippen molar-refractivity contribution < 1.29 is 21.1 Å². The quantitative estimate of drug-likeness (QED) is 0.161. The van der Waals surface area contributed by atoms with Crippen molar-refractivity contribution in [2.75, 3.05) is 16.8 Å². The Bertz CT molecular complexity index is 2670. The van der Waals surface area contributed by atoms with Crippen LogP contribution in [0.1, 0.15) is 43.2 Å². The van der Waals surface area contributed by atoms with Crippen LogP contribution in [-0.4, -0.2) is 21.4 Å². The zero-order valence-electron chi connectivity index (χ0n) is 31.7. The minimum absolute atomic E-state index is 0. The number of fused-ring (bicyclic) bond motifs is 4. The van der Waals surface area contributed by atoms with E-state index in [0.717, 1.165) is 56.1 Å². The van der Waals surface area contributed by atoms with Gasteiger partial charge >= 0.3 is 0 Å². The summed E-state index contributed by atoms with van der Waals surface area (Å²) in [5.74, 6) is 0. The summed E-state index contributed by atoms with van der Waals surface area (Å²) in [6.07, 6.45) is 0. The molecule has 0 fully saturated rings. The maximum Gasteiger partial charge on any atom is 0.0797 e. The summed E-state index contributed by atoms with van der Waals surface area (Å²) in [7, 11) is 2.09. The van der Waals surface area contributed by atoms with Crippen molar-refractivity contribution in [1.82, 2.24) is 14.3 Å². The monoisotopic (exact) mass is 883 g/mol. The molecular formula is C48H42N5Pt-3. The fraction of sp³-hybridized carbons (Fsp3) is 0.167. The number of anilines is 3. The summed E-state index contributed by atoms with van der Waals surface area (Å²) in [4.78, 5) is 4.37. The molecule has 0 spiro atoms. The normalized spacial score (nSPS) is 12.8. The number of aryl methyl sites for hydroxylation is 3. The molecule has 6 heteroatoms. The van der Waals surface area contributed by atoms with Crippen LogP contribution in [0.2, 0.25) is 0 Å². The van der Waals surface area contributed by atoms with E-state index in [1.54, 1.807) is 0 Å². The zero-order valence-corrected chi connectivity index (χ0v) is 33.9. The van der Waals surface area contributed by atoms with E-state index in [-0.39, 0.29) is 26.5 Å². The van der Waals surface area contributed by atoms with Crippen LogP contribution in [0.25, 0.3) is 55.6 Å². The van der Waals surface area contributed by atoms with Crippen molar-refractivity contribution in [2.24, 2.45) is 0 Å². The first-order valence-electron chi connectivity index (χ1n) is 18.3. The predicted molar refractivity (Wildman–Crippen MR) is 221 cm³/mol. The van der Waals surface area contributed by atoms with Gasteiger partial charge in [0.05, 0.1) is 11.4 Å². The van der Waals surface area contributed by atoms with Gasteiger partial charge in [0, 0.05) is 54.5 Å². The number of rotatable bonds is 5.